The van der Waals surface area contributed by atoms with Crippen LogP contribution in [0.3, 0.4) is 0 Å². The summed E-state index contributed by atoms with van der Waals surface area (Å²) in [5.41, 5.74) is 2.01. The van der Waals surface area contributed by atoms with Crippen LogP contribution in [0.25, 0.3) is 0 Å². The number of benzene rings is 1. The van der Waals surface area contributed by atoms with E-state index in [1.165, 1.54) is 6.26 Å². The van der Waals surface area contributed by atoms with Crippen LogP contribution in [-0.4, -0.2) is 38.6 Å². The Balaban J connectivity index is 1.86. The van der Waals surface area contributed by atoms with Crippen molar-refractivity contribution in [2.24, 2.45) is 5.92 Å². The quantitative estimate of drug-likeness (QED) is 0.901. The molecule has 0 radical (unpaired) electrons. The Bertz CT molecular complexity index is 605. The highest BCUT2D eigenvalue weighted by Gasteiger charge is 2.25. The normalized spacial score (nSPS) is 19.9. The Hall–Kier alpha value is -1.58. The average molecular weight is 307 g/mol. The minimum atomic E-state index is -3.08. The van der Waals surface area contributed by atoms with Crippen molar-refractivity contribution in [3.63, 3.8) is 0 Å². The number of nitrogens with one attached hydrogen (secondary N) is 1. The molecule has 1 fully saturated rings. The van der Waals surface area contributed by atoms with E-state index < -0.39 is 10.0 Å². The van der Waals surface area contributed by atoms with Crippen LogP contribution in [-0.2, 0) is 16.4 Å². The van der Waals surface area contributed by atoms with E-state index >= 15 is 0 Å². The lowest BCUT2D eigenvalue weighted by molar-refractivity contribution is 0.277. The molecule has 1 unspecified atom stereocenters. The number of sulfonamides is 1. The van der Waals surface area contributed by atoms with E-state index in [2.05, 4.69) is 11.4 Å². The van der Waals surface area contributed by atoms with E-state index in [-0.39, 0.29) is 0 Å². The highest BCUT2D eigenvalue weighted by Crippen LogP contribution is 2.19. The van der Waals surface area contributed by atoms with Gasteiger partial charge in [0.15, 0.2) is 0 Å². The molecule has 0 spiro atoms. The maximum atomic E-state index is 11.6. The number of hydrogen-bond acceptors (Lipinski definition) is 4. The number of nitrogens with zero attached hydrogens (tertiary/aromatic N) is 2. The number of nitriles is 1. The van der Waals surface area contributed by atoms with Crippen molar-refractivity contribution in [1.82, 2.24) is 4.31 Å². The topological polar surface area (TPSA) is 73.2 Å². The molecule has 2 rings (SSSR count). The highest BCUT2D eigenvalue weighted by molar-refractivity contribution is 7.88. The SMILES string of the molecule is CS(=O)(=O)N1CCCC(CNc2ccc(CC#N)cc2)C1. The molecule has 1 aromatic rings. The number of hydrogen-bond donors (Lipinski definition) is 1. The Morgan fingerprint density at radius 2 is 2.10 bits per heavy atom. The first-order chi connectivity index (χ1) is 9.99. The largest absolute Gasteiger partial charge is 0.385 e. The molecule has 6 heteroatoms. The van der Waals surface area contributed by atoms with Crippen molar-refractivity contribution in [2.45, 2.75) is 19.3 Å². The second-order valence-corrected chi connectivity index (χ2v) is 7.52. The summed E-state index contributed by atoms with van der Waals surface area (Å²) in [5, 5.41) is 12.0. The van der Waals surface area contributed by atoms with Gasteiger partial charge >= 0.3 is 0 Å². The first-order valence-corrected chi connectivity index (χ1v) is 8.99. The average Bonchev–Trinajstić information content (AvgIpc) is 2.46. The summed E-state index contributed by atoms with van der Waals surface area (Å²) in [6.45, 7) is 2.00. The second-order valence-electron chi connectivity index (χ2n) is 5.54. The van der Waals surface area contributed by atoms with Crippen molar-refractivity contribution in [2.75, 3.05) is 31.2 Å². The summed E-state index contributed by atoms with van der Waals surface area (Å²) in [4.78, 5) is 0. The predicted octanol–water partition coefficient (Wildman–Crippen LogP) is 1.84. The fourth-order valence-electron chi connectivity index (χ4n) is 2.59. The molecule has 0 bridgehead atoms. The molecule has 1 aromatic carbocycles. The van der Waals surface area contributed by atoms with Crippen molar-refractivity contribution in [1.29, 1.82) is 5.26 Å². The third-order valence-corrected chi connectivity index (χ3v) is 5.05. The fraction of sp³-hybridized carbons (Fsp3) is 0.533. The summed E-state index contributed by atoms with van der Waals surface area (Å²) < 4.78 is 24.7. The van der Waals surface area contributed by atoms with E-state index in [4.69, 9.17) is 5.26 Å². The maximum Gasteiger partial charge on any atom is 0.211 e. The molecule has 0 aromatic heterocycles. The zero-order valence-corrected chi connectivity index (χ0v) is 13.1. The van der Waals surface area contributed by atoms with Gasteiger partial charge in [0, 0.05) is 25.3 Å². The minimum Gasteiger partial charge on any atom is -0.385 e. The molecule has 5 nitrogen and oxygen atoms in total. The van der Waals surface area contributed by atoms with Gasteiger partial charge in [0.05, 0.1) is 18.7 Å². The van der Waals surface area contributed by atoms with E-state index in [0.29, 0.717) is 25.4 Å². The van der Waals surface area contributed by atoms with Crippen LogP contribution < -0.4 is 5.32 Å². The van der Waals surface area contributed by atoms with Gasteiger partial charge in [0.25, 0.3) is 0 Å². The van der Waals surface area contributed by atoms with E-state index in [1.807, 2.05) is 24.3 Å². The van der Waals surface area contributed by atoms with Crippen molar-refractivity contribution >= 4 is 15.7 Å². The van der Waals surface area contributed by atoms with Crippen LogP contribution in [0.15, 0.2) is 24.3 Å². The monoisotopic (exact) mass is 307 g/mol. The van der Waals surface area contributed by atoms with Crippen molar-refractivity contribution < 1.29 is 8.42 Å². The van der Waals surface area contributed by atoms with E-state index in [1.54, 1.807) is 4.31 Å². The molecule has 1 N–H and O–H groups in total. The van der Waals surface area contributed by atoms with Gasteiger partial charge < -0.3 is 5.32 Å². The van der Waals surface area contributed by atoms with Crippen LogP contribution in [0.5, 0.6) is 0 Å². The Morgan fingerprint density at radius 3 is 2.71 bits per heavy atom. The first kappa shape index (κ1) is 15.8. The second kappa shape index (κ2) is 6.92. The van der Waals surface area contributed by atoms with Crippen LogP contribution in [0.4, 0.5) is 5.69 Å². The van der Waals surface area contributed by atoms with Crippen molar-refractivity contribution in [3.05, 3.63) is 29.8 Å². The van der Waals surface area contributed by atoms with Crippen LogP contribution >= 0.6 is 0 Å². The lowest BCUT2D eigenvalue weighted by Gasteiger charge is -2.31. The van der Waals surface area contributed by atoms with Crippen LogP contribution in [0, 0.1) is 17.2 Å². The third-order valence-electron chi connectivity index (χ3n) is 3.78. The zero-order valence-electron chi connectivity index (χ0n) is 12.2. The molecule has 0 aliphatic carbocycles. The number of piperidine rings is 1. The van der Waals surface area contributed by atoms with Gasteiger partial charge in [-0.05, 0) is 36.5 Å². The molecular weight excluding hydrogens is 286 g/mol. The number of anilines is 1. The van der Waals surface area contributed by atoms with E-state index in [9.17, 15) is 8.42 Å². The molecule has 1 atom stereocenters. The summed E-state index contributed by atoms with van der Waals surface area (Å²) in [6, 6.07) is 9.93. The van der Waals surface area contributed by atoms with E-state index in [0.717, 1.165) is 30.6 Å². The van der Waals surface area contributed by atoms with Crippen LogP contribution in [0.2, 0.25) is 0 Å². The molecular formula is C15H21N3O2S. The standard InChI is InChI=1S/C15H21N3O2S/c1-21(19,20)18-10-2-3-14(12-18)11-17-15-6-4-13(5-7-15)8-9-16/h4-7,14,17H,2-3,8,10-12H2,1H3. The molecule has 1 aliphatic heterocycles. The summed E-state index contributed by atoms with van der Waals surface area (Å²) in [7, 11) is -3.08. The smallest absolute Gasteiger partial charge is 0.211 e. The van der Waals surface area contributed by atoms with Gasteiger partial charge in [-0.25, -0.2) is 12.7 Å². The molecule has 1 saturated heterocycles. The van der Waals surface area contributed by atoms with Gasteiger partial charge in [-0.3, -0.25) is 0 Å². The van der Waals surface area contributed by atoms with Crippen molar-refractivity contribution in [3.8, 4) is 6.07 Å². The van der Waals surface area contributed by atoms with Crippen LogP contribution in [0.1, 0.15) is 18.4 Å². The molecule has 0 amide bonds. The molecule has 114 valence electrons. The molecule has 21 heavy (non-hydrogen) atoms. The summed E-state index contributed by atoms with van der Waals surface area (Å²) in [6.07, 6.45) is 3.66. The molecule has 1 aliphatic rings. The predicted molar refractivity (Wildman–Crippen MR) is 83.4 cm³/mol. The molecule has 1 heterocycles. The first-order valence-electron chi connectivity index (χ1n) is 7.14. The Kier molecular flexibility index (Phi) is 5.21. The summed E-state index contributed by atoms with van der Waals surface area (Å²) in [5.74, 6) is 0.340. The molecule has 0 saturated carbocycles. The highest BCUT2D eigenvalue weighted by atomic mass is 32.2. The lowest BCUT2D eigenvalue weighted by Crippen LogP contribution is -2.41. The van der Waals surface area contributed by atoms with Gasteiger partial charge in [0.1, 0.15) is 0 Å². The lowest BCUT2D eigenvalue weighted by atomic mass is 9.99. The Morgan fingerprint density at radius 1 is 1.38 bits per heavy atom. The van der Waals surface area contributed by atoms with Gasteiger partial charge in [-0.2, -0.15) is 5.26 Å². The minimum absolute atomic E-state index is 0.340. The fourth-order valence-corrected chi connectivity index (χ4v) is 3.53. The summed E-state index contributed by atoms with van der Waals surface area (Å²) >= 11 is 0. The third kappa shape index (κ3) is 4.73. The Labute approximate surface area is 126 Å². The van der Waals surface area contributed by atoms with Gasteiger partial charge in [-0.15, -0.1) is 0 Å². The number of rotatable bonds is 5. The van der Waals surface area contributed by atoms with Gasteiger partial charge in [-0.1, -0.05) is 12.1 Å². The zero-order chi connectivity index (χ0) is 15.3. The maximum absolute atomic E-state index is 11.6. The van der Waals surface area contributed by atoms with Gasteiger partial charge in [0.2, 0.25) is 10.0 Å².